The average molecular weight is 289 g/mol. The Kier molecular flexibility index (Phi) is 3.08. The number of hydrogen-bond acceptors (Lipinski definition) is 5. The van der Waals surface area contributed by atoms with Gasteiger partial charge in [0.2, 0.25) is 0 Å². The summed E-state index contributed by atoms with van der Waals surface area (Å²) in [4.78, 5) is 33.4. The lowest BCUT2D eigenvalue weighted by atomic mass is 9.99. The number of nitrogens with zero attached hydrogens (tertiary/aromatic N) is 5. The highest BCUT2D eigenvalue weighted by atomic mass is 16.4. The first-order chi connectivity index (χ1) is 9.99. The lowest BCUT2D eigenvalue weighted by Crippen LogP contribution is -2.31. The zero-order chi connectivity index (χ0) is 15.1. The first kappa shape index (κ1) is 13.5. The molecule has 2 aromatic heterocycles. The van der Waals surface area contributed by atoms with Gasteiger partial charge in [-0.05, 0) is 12.8 Å². The van der Waals surface area contributed by atoms with E-state index in [4.69, 9.17) is 5.11 Å². The molecule has 3 rings (SSSR count). The minimum atomic E-state index is -0.862. The Labute approximate surface area is 120 Å². The van der Waals surface area contributed by atoms with E-state index in [1.807, 2.05) is 6.92 Å². The molecule has 0 aliphatic carbocycles. The monoisotopic (exact) mass is 289 g/mol. The fourth-order valence-corrected chi connectivity index (χ4v) is 2.72. The Balaban J connectivity index is 1.91. The van der Waals surface area contributed by atoms with Crippen LogP contribution in [0, 0.1) is 18.8 Å². The summed E-state index contributed by atoms with van der Waals surface area (Å²) >= 11 is 0. The normalized spacial score (nSPS) is 21.9. The lowest BCUT2D eigenvalue weighted by Gasteiger charge is -2.17. The average Bonchev–Trinajstić information content (AvgIpc) is 3.05. The van der Waals surface area contributed by atoms with Crippen LogP contribution in [0.3, 0.4) is 0 Å². The third-order valence-corrected chi connectivity index (χ3v) is 3.99. The lowest BCUT2D eigenvalue weighted by molar-refractivity contribution is -0.142. The second kappa shape index (κ2) is 4.80. The van der Waals surface area contributed by atoms with E-state index in [0.29, 0.717) is 23.6 Å². The highest BCUT2D eigenvalue weighted by Gasteiger charge is 2.37. The van der Waals surface area contributed by atoms with Crippen LogP contribution in [0.15, 0.2) is 12.5 Å². The Morgan fingerprint density at radius 1 is 1.33 bits per heavy atom. The Morgan fingerprint density at radius 3 is 2.76 bits per heavy atom. The summed E-state index contributed by atoms with van der Waals surface area (Å²) in [6.07, 6.45) is 2.85. The topological polar surface area (TPSA) is 101 Å². The molecule has 110 valence electrons. The second-order valence-corrected chi connectivity index (χ2v) is 5.36. The van der Waals surface area contributed by atoms with Gasteiger partial charge in [0.05, 0.1) is 17.2 Å². The predicted octanol–water partition coefficient (Wildman–Crippen LogP) is 0.225. The van der Waals surface area contributed by atoms with Crippen LogP contribution in [0.25, 0.3) is 5.78 Å². The van der Waals surface area contributed by atoms with E-state index in [1.165, 1.54) is 17.0 Å². The van der Waals surface area contributed by atoms with Crippen LogP contribution in [-0.2, 0) is 4.79 Å². The molecule has 2 aromatic rings. The summed E-state index contributed by atoms with van der Waals surface area (Å²) in [6, 6.07) is 0. The van der Waals surface area contributed by atoms with Gasteiger partial charge in [0.1, 0.15) is 6.33 Å². The van der Waals surface area contributed by atoms with E-state index in [9.17, 15) is 9.59 Å². The number of carboxylic acids is 1. The molecule has 0 aromatic carbocycles. The van der Waals surface area contributed by atoms with Crippen molar-refractivity contribution in [3.05, 3.63) is 23.8 Å². The molecule has 1 amide bonds. The molecule has 0 radical (unpaired) electrons. The molecule has 1 saturated heterocycles. The SMILES string of the molecule is Cc1c(C(=O)N2C[C@@H](C)[C@H](C(=O)O)C2)cnc2ncnn12. The number of aliphatic carboxylic acids is 1. The number of likely N-dealkylation sites (tertiary alicyclic amines) is 1. The molecule has 0 spiro atoms. The number of carbonyl (C=O) groups is 2. The predicted molar refractivity (Wildman–Crippen MR) is 71.7 cm³/mol. The summed E-state index contributed by atoms with van der Waals surface area (Å²) in [5, 5.41) is 13.2. The van der Waals surface area contributed by atoms with Gasteiger partial charge >= 0.3 is 5.97 Å². The third-order valence-electron chi connectivity index (χ3n) is 3.99. The van der Waals surface area contributed by atoms with Gasteiger partial charge in [-0.3, -0.25) is 9.59 Å². The van der Waals surface area contributed by atoms with E-state index < -0.39 is 11.9 Å². The molecular formula is C13H15N5O3. The zero-order valence-corrected chi connectivity index (χ0v) is 11.7. The number of hydrogen-bond donors (Lipinski definition) is 1. The maximum atomic E-state index is 12.6. The van der Waals surface area contributed by atoms with Gasteiger partial charge in [-0.15, -0.1) is 0 Å². The fourth-order valence-electron chi connectivity index (χ4n) is 2.72. The van der Waals surface area contributed by atoms with Gasteiger partial charge in [0.25, 0.3) is 11.7 Å². The number of amides is 1. The van der Waals surface area contributed by atoms with Gasteiger partial charge in [0, 0.05) is 19.3 Å². The third kappa shape index (κ3) is 2.12. The molecule has 1 aliphatic heterocycles. The van der Waals surface area contributed by atoms with Crippen LogP contribution in [0.4, 0.5) is 0 Å². The standard InChI is InChI=1S/C13H15N5O3/c1-7-4-17(5-10(7)12(20)21)11(19)9-3-14-13-15-6-16-18(13)8(9)2/h3,6-7,10H,4-5H2,1-2H3,(H,20,21)/t7-,10-/m1/s1. The van der Waals surface area contributed by atoms with Crippen molar-refractivity contribution in [3.8, 4) is 0 Å². The van der Waals surface area contributed by atoms with Crippen LogP contribution < -0.4 is 0 Å². The smallest absolute Gasteiger partial charge is 0.308 e. The Bertz CT molecular complexity index is 726. The van der Waals surface area contributed by atoms with Crippen LogP contribution in [0.2, 0.25) is 0 Å². The first-order valence-electron chi connectivity index (χ1n) is 6.66. The van der Waals surface area contributed by atoms with Crippen molar-refractivity contribution in [3.63, 3.8) is 0 Å². The first-order valence-corrected chi connectivity index (χ1v) is 6.66. The molecule has 3 heterocycles. The zero-order valence-electron chi connectivity index (χ0n) is 11.7. The van der Waals surface area contributed by atoms with Crippen molar-refractivity contribution in [2.45, 2.75) is 13.8 Å². The molecule has 2 atom stereocenters. The Morgan fingerprint density at radius 2 is 2.10 bits per heavy atom. The quantitative estimate of drug-likeness (QED) is 0.849. The largest absolute Gasteiger partial charge is 0.481 e. The molecular weight excluding hydrogens is 274 g/mol. The van der Waals surface area contributed by atoms with Crippen molar-refractivity contribution >= 4 is 17.7 Å². The van der Waals surface area contributed by atoms with Crippen LogP contribution >= 0.6 is 0 Å². The van der Waals surface area contributed by atoms with E-state index in [-0.39, 0.29) is 18.4 Å². The number of aryl methyl sites for hydroxylation is 1. The number of rotatable bonds is 2. The van der Waals surface area contributed by atoms with Crippen molar-refractivity contribution in [1.82, 2.24) is 24.5 Å². The number of aromatic nitrogens is 4. The van der Waals surface area contributed by atoms with Crippen LogP contribution in [0.1, 0.15) is 23.0 Å². The molecule has 0 bridgehead atoms. The highest BCUT2D eigenvalue weighted by molar-refractivity contribution is 5.95. The Hall–Kier alpha value is -2.51. The van der Waals surface area contributed by atoms with Crippen molar-refractivity contribution in [2.75, 3.05) is 13.1 Å². The molecule has 1 N–H and O–H groups in total. The van der Waals surface area contributed by atoms with Crippen LogP contribution in [0.5, 0.6) is 0 Å². The van der Waals surface area contributed by atoms with E-state index in [1.54, 1.807) is 11.8 Å². The van der Waals surface area contributed by atoms with E-state index in [2.05, 4.69) is 15.1 Å². The second-order valence-electron chi connectivity index (χ2n) is 5.36. The van der Waals surface area contributed by atoms with Gasteiger partial charge in [-0.25, -0.2) is 9.50 Å². The molecule has 8 nitrogen and oxygen atoms in total. The summed E-state index contributed by atoms with van der Waals surface area (Å²) < 4.78 is 1.50. The summed E-state index contributed by atoms with van der Waals surface area (Å²) in [6.45, 7) is 4.28. The summed E-state index contributed by atoms with van der Waals surface area (Å²) in [7, 11) is 0. The molecule has 8 heteroatoms. The summed E-state index contributed by atoms with van der Waals surface area (Å²) in [5.74, 6) is -1.22. The van der Waals surface area contributed by atoms with Gasteiger partial charge in [-0.2, -0.15) is 10.1 Å². The number of fused-ring (bicyclic) bond motifs is 1. The van der Waals surface area contributed by atoms with Gasteiger partial charge < -0.3 is 10.0 Å². The van der Waals surface area contributed by atoms with Gasteiger partial charge in [-0.1, -0.05) is 6.92 Å². The van der Waals surface area contributed by atoms with E-state index >= 15 is 0 Å². The van der Waals surface area contributed by atoms with Crippen molar-refractivity contribution in [2.24, 2.45) is 11.8 Å². The molecule has 1 fully saturated rings. The number of carbonyl (C=O) groups excluding carboxylic acids is 1. The highest BCUT2D eigenvalue weighted by Crippen LogP contribution is 2.25. The molecule has 21 heavy (non-hydrogen) atoms. The minimum absolute atomic E-state index is 0.0604. The van der Waals surface area contributed by atoms with Gasteiger partial charge in [0.15, 0.2) is 0 Å². The minimum Gasteiger partial charge on any atom is -0.481 e. The molecule has 0 saturated carbocycles. The maximum Gasteiger partial charge on any atom is 0.308 e. The van der Waals surface area contributed by atoms with Crippen LogP contribution in [-0.4, -0.2) is 54.6 Å². The molecule has 1 aliphatic rings. The fraction of sp³-hybridized carbons (Fsp3) is 0.462. The summed E-state index contributed by atoms with van der Waals surface area (Å²) in [5.41, 5.74) is 1.07. The number of carboxylic acid groups (broad SMARTS) is 1. The van der Waals surface area contributed by atoms with Crippen molar-refractivity contribution < 1.29 is 14.7 Å². The molecule has 0 unspecified atom stereocenters. The maximum absolute atomic E-state index is 12.6. The van der Waals surface area contributed by atoms with E-state index in [0.717, 1.165) is 0 Å². The van der Waals surface area contributed by atoms with Crippen molar-refractivity contribution in [1.29, 1.82) is 0 Å².